The number of halogens is 1. The van der Waals surface area contributed by atoms with Gasteiger partial charge in [0.2, 0.25) is 11.8 Å². The first-order valence-electron chi connectivity index (χ1n) is 9.40. The van der Waals surface area contributed by atoms with E-state index in [0.29, 0.717) is 18.9 Å². The Bertz CT molecular complexity index is 815. The molecule has 142 valence electrons. The zero-order valence-electron chi connectivity index (χ0n) is 15.1. The highest BCUT2D eigenvalue weighted by Gasteiger charge is 2.38. The van der Waals surface area contributed by atoms with Crippen LogP contribution in [0, 0.1) is 11.8 Å². The van der Waals surface area contributed by atoms with E-state index in [1.54, 1.807) is 11.1 Å². The summed E-state index contributed by atoms with van der Waals surface area (Å²) in [6.45, 7) is 2.99. The van der Waals surface area contributed by atoms with Crippen LogP contribution in [0.1, 0.15) is 19.3 Å². The molecule has 2 fully saturated rings. The van der Waals surface area contributed by atoms with Gasteiger partial charge in [0.25, 0.3) is 0 Å². The van der Waals surface area contributed by atoms with Crippen LogP contribution in [0.3, 0.4) is 0 Å². The molecule has 3 heterocycles. The number of piperidine rings is 1. The highest BCUT2D eigenvalue weighted by atomic mass is 79.9. The van der Waals surface area contributed by atoms with Crippen LogP contribution in [0.5, 0.6) is 0 Å². The second kappa shape index (κ2) is 7.84. The molecule has 2 saturated heterocycles. The molecule has 0 unspecified atom stereocenters. The lowest BCUT2D eigenvalue weighted by molar-refractivity contribution is -0.137. The highest BCUT2D eigenvalue weighted by Crippen LogP contribution is 2.29. The second-order valence-electron chi connectivity index (χ2n) is 7.41. The monoisotopic (exact) mass is 430 g/mol. The smallest absolute Gasteiger partial charge is 0.228 e. The molecule has 0 bridgehead atoms. The zero-order chi connectivity index (χ0) is 18.8. The van der Waals surface area contributed by atoms with Gasteiger partial charge >= 0.3 is 0 Å². The Hall–Kier alpha value is -2.15. The van der Waals surface area contributed by atoms with E-state index in [2.05, 4.69) is 25.5 Å². The minimum Gasteiger partial charge on any atom is -0.342 e. The third kappa shape index (κ3) is 4.08. The summed E-state index contributed by atoms with van der Waals surface area (Å²) in [6, 6.07) is 7.68. The van der Waals surface area contributed by atoms with E-state index in [0.717, 1.165) is 42.6 Å². The van der Waals surface area contributed by atoms with Crippen LogP contribution in [0.2, 0.25) is 0 Å². The van der Waals surface area contributed by atoms with Crippen molar-refractivity contribution in [3.8, 4) is 0 Å². The summed E-state index contributed by atoms with van der Waals surface area (Å²) in [5.74, 6) is 0.497. The Balaban J connectivity index is 1.33. The van der Waals surface area contributed by atoms with Crippen molar-refractivity contribution in [2.75, 3.05) is 24.5 Å². The van der Waals surface area contributed by atoms with Crippen molar-refractivity contribution in [3.05, 3.63) is 47.5 Å². The van der Waals surface area contributed by atoms with Crippen molar-refractivity contribution in [2.24, 2.45) is 11.8 Å². The first-order chi connectivity index (χ1) is 13.1. The number of benzene rings is 1. The van der Waals surface area contributed by atoms with Gasteiger partial charge in [-0.05, 0) is 37.0 Å². The topological polar surface area (TPSA) is 58.4 Å². The van der Waals surface area contributed by atoms with E-state index in [9.17, 15) is 9.59 Å². The van der Waals surface area contributed by atoms with E-state index < -0.39 is 0 Å². The van der Waals surface area contributed by atoms with Crippen molar-refractivity contribution < 1.29 is 9.59 Å². The fourth-order valence-electron chi connectivity index (χ4n) is 4.05. The van der Waals surface area contributed by atoms with Crippen molar-refractivity contribution in [2.45, 2.75) is 25.8 Å². The van der Waals surface area contributed by atoms with Gasteiger partial charge in [-0.1, -0.05) is 22.0 Å². The number of hydrogen-bond acceptors (Lipinski definition) is 3. The van der Waals surface area contributed by atoms with E-state index in [1.807, 2.05) is 41.7 Å². The molecule has 2 amide bonds. The fourth-order valence-corrected chi connectivity index (χ4v) is 4.44. The van der Waals surface area contributed by atoms with Crippen LogP contribution in [-0.2, 0) is 16.1 Å². The average molecular weight is 431 g/mol. The third-order valence-electron chi connectivity index (χ3n) is 5.55. The number of imidazole rings is 1. The van der Waals surface area contributed by atoms with Crippen LogP contribution in [-0.4, -0.2) is 45.9 Å². The molecule has 0 radical (unpaired) electrons. The molecule has 6 nitrogen and oxygen atoms in total. The summed E-state index contributed by atoms with van der Waals surface area (Å²) in [4.78, 5) is 33.2. The van der Waals surface area contributed by atoms with E-state index in [-0.39, 0.29) is 17.7 Å². The Morgan fingerprint density at radius 3 is 2.78 bits per heavy atom. The molecule has 2 aromatic rings. The van der Waals surface area contributed by atoms with Crippen LogP contribution in [0.15, 0.2) is 47.5 Å². The predicted molar refractivity (Wildman–Crippen MR) is 106 cm³/mol. The summed E-state index contributed by atoms with van der Waals surface area (Å²) in [7, 11) is 0. The Labute approximate surface area is 167 Å². The van der Waals surface area contributed by atoms with Crippen LogP contribution >= 0.6 is 15.9 Å². The van der Waals surface area contributed by atoms with E-state index in [1.165, 1.54) is 0 Å². The SMILES string of the molecule is O=C([C@H]1CC(=O)N(c2cccc(Br)c2)C1)N1CCC(Cn2ccnc2)CC1. The van der Waals surface area contributed by atoms with Crippen molar-refractivity contribution in [1.29, 1.82) is 0 Å². The molecule has 0 aliphatic carbocycles. The molecule has 1 aromatic carbocycles. The largest absolute Gasteiger partial charge is 0.342 e. The van der Waals surface area contributed by atoms with Gasteiger partial charge in [-0.2, -0.15) is 0 Å². The van der Waals surface area contributed by atoms with Crippen molar-refractivity contribution >= 4 is 33.4 Å². The number of carbonyl (C=O) groups excluding carboxylic acids is 2. The minimum atomic E-state index is -0.235. The Morgan fingerprint density at radius 1 is 1.26 bits per heavy atom. The number of anilines is 1. The summed E-state index contributed by atoms with van der Waals surface area (Å²) < 4.78 is 3.04. The van der Waals surface area contributed by atoms with Gasteiger partial charge in [0.1, 0.15) is 0 Å². The number of nitrogens with zero attached hydrogens (tertiary/aromatic N) is 4. The molecule has 0 N–H and O–H groups in total. The summed E-state index contributed by atoms with van der Waals surface area (Å²) in [5, 5.41) is 0. The molecule has 1 atom stereocenters. The maximum absolute atomic E-state index is 12.9. The minimum absolute atomic E-state index is 0.0291. The fraction of sp³-hybridized carbons (Fsp3) is 0.450. The number of likely N-dealkylation sites (tertiary alicyclic amines) is 1. The molecule has 4 rings (SSSR count). The molecule has 2 aliphatic heterocycles. The number of rotatable bonds is 4. The first kappa shape index (κ1) is 18.2. The molecule has 0 saturated carbocycles. The Kier molecular flexibility index (Phi) is 5.29. The van der Waals surface area contributed by atoms with Crippen molar-refractivity contribution in [3.63, 3.8) is 0 Å². The summed E-state index contributed by atoms with van der Waals surface area (Å²) in [6.07, 6.45) is 7.93. The number of aromatic nitrogens is 2. The van der Waals surface area contributed by atoms with E-state index in [4.69, 9.17) is 0 Å². The molecular weight excluding hydrogens is 408 g/mol. The van der Waals surface area contributed by atoms with Crippen molar-refractivity contribution in [1.82, 2.24) is 14.5 Å². The molecular formula is C20H23BrN4O2. The van der Waals surface area contributed by atoms with Gasteiger partial charge in [0, 0.05) is 55.2 Å². The summed E-state index contributed by atoms with van der Waals surface area (Å²) >= 11 is 3.44. The van der Waals surface area contributed by atoms with Crippen LogP contribution in [0.25, 0.3) is 0 Å². The Morgan fingerprint density at radius 2 is 2.07 bits per heavy atom. The zero-order valence-corrected chi connectivity index (χ0v) is 16.7. The maximum atomic E-state index is 12.9. The molecule has 0 spiro atoms. The van der Waals surface area contributed by atoms with Gasteiger partial charge in [-0.25, -0.2) is 4.98 Å². The molecule has 27 heavy (non-hydrogen) atoms. The third-order valence-corrected chi connectivity index (χ3v) is 6.04. The van der Waals surface area contributed by atoms with Gasteiger partial charge in [-0.3, -0.25) is 9.59 Å². The van der Waals surface area contributed by atoms with Gasteiger partial charge in [0.15, 0.2) is 0 Å². The quantitative estimate of drug-likeness (QED) is 0.748. The maximum Gasteiger partial charge on any atom is 0.228 e. The van der Waals surface area contributed by atoms with Gasteiger partial charge in [-0.15, -0.1) is 0 Å². The molecule has 2 aliphatic rings. The standard InChI is InChI=1S/C20H23BrN4O2/c21-17-2-1-3-18(11-17)25-13-16(10-19(25)26)20(27)24-7-4-15(5-8-24)12-23-9-6-22-14-23/h1-3,6,9,11,14-16H,4-5,7-8,10,12-13H2/t16-/m0/s1. The lowest BCUT2D eigenvalue weighted by Crippen LogP contribution is -2.43. The average Bonchev–Trinajstić information content (AvgIpc) is 3.31. The van der Waals surface area contributed by atoms with Gasteiger partial charge < -0.3 is 14.4 Å². The normalized spacial score (nSPS) is 21.1. The number of amides is 2. The predicted octanol–water partition coefficient (Wildman–Crippen LogP) is 2.94. The molecule has 1 aromatic heterocycles. The number of carbonyl (C=O) groups is 2. The highest BCUT2D eigenvalue weighted by molar-refractivity contribution is 9.10. The lowest BCUT2D eigenvalue weighted by atomic mass is 9.95. The second-order valence-corrected chi connectivity index (χ2v) is 8.33. The van der Waals surface area contributed by atoms with Crippen LogP contribution < -0.4 is 4.90 Å². The lowest BCUT2D eigenvalue weighted by Gasteiger charge is -2.33. The first-order valence-corrected chi connectivity index (χ1v) is 10.2. The van der Waals surface area contributed by atoms with Gasteiger partial charge in [0.05, 0.1) is 12.2 Å². The molecule has 7 heteroatoms. The summed E-state index contributed by atoms with van der Waals surface area (Å²) in [5.41, 5.74) is 0.851. The number of hydrogen-bond donors (Lipinski definition) is 0. The van der Waals surface area contributed by atoms with E-state index >= 15 is 0 Å². The van der Waals surface area contributed by atoms with Crippen LogP contribution in [0.4, 0.5) is 5.69 Å².